The van der Waals surface area contributed by atoms with Gasteiger partial charge in [-0.3, -0.25) is 14.4 Å². The van der Waals surface area contributed by atoms with E-state index in [0.717, 1.165) is 6.07 Å². The van der Waals surface area contributed by atoms with Crippen LogP contribution in [0.25, 0.3) is 0 Å². The number of hydrogen-bond donors (Lipinski definition) is 3. The molecule has 36 heavy (non-hydrogen) atoms. The molecule has 3 amide bonds. The predicted octanol–water partition coefficient (Wildman–Crippen LogP) is 0.489. The highest BCUT2D eigenvalue weighted by Crippen LogP contribution is 2.21. The zero-order chi connectivity index (χ0) is 26.2. The number of benzene rings is 1. The predicted molar refractivity (Wildman–Crippen MR) is 130 cm³/mol. The van der Waals surface area contributed by atoms with E-state index in [9.17, 15) is 18.8 Å². The Balaban J connectivity index is 1.87. The molecule has 2 bridgehead atoms. The van der Waals surface area contributed by atoms with Crippen molar-refractivity contribution in [1.82, 2.24) is 30.5 Å². The van der Waals surface area contributed by atoms with E-state index in [4.69, 9.17) is 10.5 Å². The Bertz CT molecular complexity index is 1070. The van der Waals surface area contributed by atoms with Gasteiger partial charge in [-0.05, 0) is 37.5 Å². The Morgan fingerprint density at radius 3 is 2.75 bits per heavy atom. The number of hydrogen-bond acceptors (Lipinski definition) is 7. The molecule has 2 atom stereocenters. The number of fused-ring (bicyclic) bond motifs is 3. The Morgan fingerprint density at radius 2 is 2.03 bits per heavy atom. The molecule has 0 unspecified atom stereocenters. The van der Waals surface area contributed by atoms with E-state index in [0.29, 0.717) is 31.6 Å². The van der Waals surface area contributed by atoms with Crippen molar-refractivity contribution < 1.29 is 23.5 Å². The van der Waals surface area contributed by atoms with E-state index in [1.807, 2.05) is 13.8 Å². The normalized spacial score (nSPS) is 18.8. The summed E-state index contributed by atoms with van der Waals surface area (Å²) in [5.41, 5.74) is 6.48. The van der Waals surface area contributed by atoms with E-state index in [1.165, 1.54) is 12.1 Å². The number of amides is 3. The van der Waals surface area contributed by atoms with Gasteiger partial charge in [-0.2, -0.15) is 0 Å². The molecule has 11 nitrogen and oxygen atoms in total. The zero-order valence-electron chi connectivity index (χ0n) is 20.9. The number of carbonyl (C=O) groups excluding carboxylic acids is 3. The van der Waals surface area contributed by atoms with E-state index in [2.05, 4.69) is 20.9 Å². The molecule has 0 saturated carbocycles. The van der Waals surface area contributed by atoms with Gasteiger partial charge in [0.25, 0.3) is 5.91 Å². The molecule has 2 heterocycles. The number of nitrogens with two attached hydrogens (primary N) is 1. The van der Waals surface area contributed by atoms with Crippen LogP contribution in [0.4, 0.5) is 4.39 Å². The standard InChI is InChI=1S/C24H34FN7O4/c1-15(2)12-20-23(34)27-7-9-31(24(35)16(3)26)8-6-18-14-32(30-29-18)10-11-36-21-5-4-17(25)13-19(21)22(33)28-20/h4-5,13-16,20H,6-12,26H2,1-3H3,(H,27,34)(H,28,33)/t16-,20-/m1/s1. The number of carbonyl (C=O) groups is 3. The largest absolute Gasteiger partial charge is 0.491 e. The lowest BCUT2D eigenvalue weighted by Gasteiger charge is -2.25. The van der Waals surface area contributed by atoms with Crippen LogP contribution in [0.1, 0.15) is 43.2 Å². The first-order valence-corrected chi connectivity index (χ1v) is 12.1. The van der Waals surface area contributed by atoms with Crippen LogP contribution in [0.3, 0.4) is 0 Å². The van der Waals surface area contributed by atoms with Crippen LogP contribution in [0.2, 0.25) is 0 Å². The average Bonchev–Trinajstić information content (AvgIpc) is 3.27. The third-order valence-electron chi connectivity index (χ3n) is 5.70. The van der Waals surface area contributed by atoms with Crippen LogP contribution in [0, 0.1) is 11.7 Å². The van der Waals surface area contributed by atoms with Crippen LogP contribution in [0.15, 0.2) is 24.4 Å². The Kier molecular flexibility index (Phi) is 9.34. The quantitative estimate of drug-likeness (QED) is 0.553. The average molecular weight is 504 g/mol. The molecule has 0 radical (unpaired) electrons. The molecular formula is C24H34FN7O4. The SMILES string of the molecule is CC(C)C[C@H]1NC(=O)c2cc(F)ccc2OCCn2cc(nn2)CCN(C(=O)[C@@H](C)N)CCNC1=O. The first-order valence-electron chi connectivity index (χ1n) is 12.1. The van der Waals surface area contributed by atoms with E-state index >= 15 is 0 Å². The summed E-state index contributed by atoms with van der Waals surface area (Å²) in [6.07, 6.45) is 2.58. The number of ether oxygens (including phenoxy) is 1. The fourth-order valence-corrected chi connectivity index (χ4v) is 3.86. The van der Waals surface area contributed by atoms with Gasteiger partial charge in [0.15, 0.2) is 0 Å². The van der Waals surface area contributed by atoms with Gasteiger partial charge in [-0.25, -0.2) is 9.07 Å². The summed E-state index contributed by atoms with van der Waals surface area (Å²) < 4.78 is 21.4. The second-order valence-corrected chi connectivity index (χ2v) is 9.27. The molecule has 12 heteroatoms. The minimum absolute atomic E-state index is 0.00865. The number of aromatic nitrogens is 3. The summed E-state index contributed by atoms with van der Waals surface area (Å²) >= 11 is 0. The van der Waals surface area contributed by atoms with Gasteiger partial charge in [-0.1, -0.05) is 19.1 Å². The first-order chi connectivity index (χ1) is 17.1. The van der Waals surface area contributed by atoms with Gasteiger partial charge < -0.3 is 26.0 Å². The fourth-order valence-electron chi connectivity index (χ4n) is 3.86. The van der Waals surface area contributed by atoms with Crippen molar-refractivity contribution in [2.24, 2.45) is 11.7 Å². The van der Waals surface area contributed by atoms with E-state index < -0.39 is 29.7 Å². The zero-order valence-corrected chi connectivity index (χ0v) is 20.9. The molecule has 4 N–H and O–H groups in total. The Morgan fingerprint density at radius 1 is 1.25 bits per heavy atom. The monoisotopic (exact) mass is 503 g/mol. The molecule has 0 spiro atoms. The van der Waals surface area contributed by atoms with E-state index in [-0.39, 0.29) is 42.8 Å². The lowest BCUT2D eigenvalue weighted by Crippen LogP contribution is -2.50. The van der Waals surface area contributed by atoms with Gasteiger partial charge in [-0.15, -0.1) is 5.10 Å². The summed E-state index contributed by atoms with van der Waals surface area (Å²) in [5, 5.41) is 13.7. The number of nitrogens with zero attached hydrogens (tertiary/aromatic N) is 4. The Labute approximate surface area is 209 Å². The highest BCUT2D eigenvalue weighted by Gasteiger charge is 2.25. The van der Waals surface area contributed by atoms with E-state index in [1.54, 1.807) is 22.7 Å². The molecule has 0 fully saturated rings. The minimum Gasteiger partial charge on any atom is -0.491 e. The third kappa shape index (κ3) is 7.48. The number of rotatable bonds is 3. The summed E-state index contributed by atoms with van der Waals surface area (Å²) in [4.78, 5) is 40.2. The van der Waals surface area contributed by atoms with Crippen molar-refractivity contribution in [3.63, 3.8) is 0 Å². The van der Waals surface area contributed by atoms with Gasteiger partial charge in [0.1, 0.15) is 24.2 Å². The summed E-state index contributed by atoms with van der Waals surface area (Å²) in [7, 11) is 0. The van der Waals surface area contributed by atoms with Gasteiger partial charge >= 0.3 is 0 Å². The molecule has 196 valence electrons. The Hall–Kier alpha value is -3.54. The van der Waals surface area contributed by atoms with Gasteiger partial charge in [0, 0.05) is 32.3 Å². The van der Waals surface area contributed by atoms with Crippen LogP contribution in [-0.4, -0.2) is 75.9 Å². The smallest absolute Gasteiger partial charge is 0.255 e. The van der Waals surface area contributed by atoms with Gasteiger partial charge in [0.05, 0.1) is 23.8 Å². The summed E-state index contributed by atoms with van der Waals surface area (Å²) in [6, 6.07) is 2.13. The van der Waals surface area contributed by atoms with Crippen LogP contribution in [0.5, 0.6) is 5.75 Å². The molecule has 0 saturated heterocycles. The van der Waals surface area contributed by atoms with Crippen molar-refractivity contribution >= 4 is 17.7 Å². The molecule has 1 aliphatic rings. The highest BCUT2D eigenvalue weighted by molar-refractivity contribution is 5.99. The highest BCUT2D eigenvalue weighted by atomic mass is 19.1. The van der Waals surface area contributed by atoms with Crippen molar-refractivity contribution in [3.8, 4) is 5.75 Å². The van der Waals surface area contributed by atoms with Crippen molar-refractivity contribution in [1.29, 1.82) is 0 Å². The second-order valence-electron chi connectivity index (χ2n) is 9.27. The lowest BCUT2D eigenvalue weighted by molar-refractivity contribution is -0.132. The number of halogens is 1. The molecule has 1 aliphatic heterocycles. The van der Waals surface area contributed by atoms with Crippen LogP contribution < -0.4 is 21.1 Å². The molecule has 2 aromatic rings. The molecular weight excluding hydrogens is 469 g/mol. The van der Waals surface area contributed by atoms with Crippen LogP contribution >= 0.6 is 0 Å². The topological polar surface area (TPSA) is 144 Å². The fraction of sp³-hybridized carbons (Fsp3) is 0.542. The van der Waals surface area contributed by atoms with Crippen molar-refractivity contribution in [2.75, 3.05) is 26.2 Å². The van der Waals surface area contributed by atoms with Crippen LogP contribution in [-0.2, 0) is 22.6 Å². The number of nitrogens with one attached hydrogen (secondary N) is 2. The minimum atomic E-state index is -0.852. The maximum absolute atomic E-state index is 14.0. The summed E-state index contributed by atoms with van der Waals surface area (Å²) in [5.74, 6) is -1.56. The molecule has 0 aliphatic carbocycles. The molecule has 3 rings (SSSR count). The second kappa shape index (κ2) is 12.4. The molecule has 1 aromatic heterocycles. The van der Waals surface area contributed by atoms with Gasteiger partial charge in [0.2, 0.25) is 11.8 Å². The van der Waals surface area contributed by atoms with Crippen molar-refractivity contribution in [3.05, 3.63) is 41.5 Å². The first kappa shape index (κ1) is 27.1. The maximum atomic E-state index is 14.0. The molecule has 1 aromatic carbocycles. The third-order valence-corrected chi connectivity index (χ3v) is 5.70. The summed E-state index contributed by atoms with van der Waals surface area (Å²) in [6.45, 7) is 6.73. The lowest BCUT2D eigenvalue weighted by atomic mass is 10.0. The van der Waals surface area contributed by atoms with Crippen molar-refractivity contribution in [2.45, 2.75) is 52.2 Å². The maximum Gasteiger partial charge on any atom is 0.255 e.